The van der Waals surface area contributed by atoms with Crippen molar-refractivity contribution >= 4 is 16.8 Å². The Kier molecular flexibility index (Phi) is 4.97. The Morgan fingerprint density at radius 2 is 2.00 bits per heavy atom. The molecule has 0 bridgehead atoms. The lowest BCUT2D eigenvalue weighted by atomic mass is 10.0. The molecule has 1 amide bonds. The fourth-order valence-corrected chi connectivity index (χ4v) is 3.83. The minimum atomic E-state index is 0.0637. The second-order valence-corrected chi connectivity index (χ2v) is 7.26. The zero-order valence-electron chi connectivity index (χ0n) is 15.6. The van der Waals surface area contributed by atoms with E-state index in [1.54, 1.807) is 0 Å². The Bertz CT molecular complexity index is 949. The van der Waals surface area contributed by atoms with E-state index < -0.39 is 0 Å². The SMILES string of the molecule is CN1CCN(C(=O)c2cccc(-c3ccc4cc[nH]c4c3)c2)C[C@@H]1CCO. The zero-order valence-corrected chi connectivity index (χ0v) is 15.6. The van der Waals surface area contributed by atoms with E-state index in [2.05, 4.69) is 41.2 Å². The maximum atomic E-state index is 13.0. The van der Waals surface area contributed by atoms with Gasteiger partial charge in [-0.3, -0.25) is 9.69 Å². The Morgan fingerprint density at radius 1 is 1.15 bits per heavy atom. The normalized spacial score (nSPS) is 18.1. The van der Waals surface area contributed by atoms with Gasteiger partial charge >= 0.3 is 0 Å². The molecule has 0 aliphatic carbocycles. The van der Waals surface area contributed by atoms with Crippen molar-refractivity contribution in [2.24, 2.45) is 0 Å². The first-order valence-corrected chi connectivity index (χ1v) is 9.43. The molecule has 1 saturated heterocycles. The van der Waals surface area contributed by atoms with Gasteiger partial charge < -0.3 is 15.0 Å². The van der Waals surface area contributed by atoms with Gasteiger partial charge in [0.05, 0.1) is 0 Å². The number of fused-ring (bicyclic) bond motifs is 1. The molecule has 2 N–H and O–H groups in total. The van der Waals surface area contributed by atoms with E-state index in [0.29, 0.717) is 18.5 Å². The number of carbonyl (C=O) groups is 1. The number of aromatic nitrogens is 1. The molecular weight excluding hydrogens is 338 g/mol. The van der Waals surface area contributed by atoms with Crippen molar-refractivity contribution in [1.82, 2.24) is 14.8 Å². The molecule has 2 aromatic carbocycles. The van der Waals surface area contributed by atoms with Gasteiger partial charge in [-0.15, -0.1) is 0 Å². The van der Waals surface area contributed by atoms with Crippen molar-refractivity contribution in [1.29, 1.82) is 0 Å². The average Bonchev–Trinajstić information content (AvgIpc) is 3.17. The van der Waals surface area contributed by atoms with Gasteiger partial charge in [-0.25, -0.2) is 0 Å². The third-order valence-electron chi connectivity index (χ3n) is 5.52. The van der Waals surface area contributed by atoms with Crippen molar-refractivity contribution < 1.29 is 9.90 Å². The molecule has 1 aromatic heterocycles. The largest absolute Gasteiger partial charge is 0.396 e. The number of H-pyrrole nitrogens is 1. The van der Waals surface area contributed by atoms with Crippen LogP contribution in [0.25, 0.3) is 22.0 Å². The third-order valence-corrected chi connectivity index (χ3v) is 5.52. The summed E-state index contributed by atoms with van der Waals surface area (Å²) in [5, 5.41) is 10.4. The fourth-order valence-electron chi connectivity index (χ4n) is 3.83. The van der Waals surface area contributed by atoms with Gasteiger partial charge in [0.2, 0.25) is 0 Å². The minimum absolute atomic E-state index is 0.0637. The van der Waals surface area contributed by atoms with E-state index in [4.69, 9.17) is 0 Å². The van der Waals surface area contributed by atoms with Crippen molar-refractivity contribution in [3.8, 4) is 11.1 Å². The van der Waals surface area contributed by atoms with E-state index in [9.17, 15) is 9.90 Å². The maximum Gasteiger partial charge on any atom is 0.253 e. The van der Waals surface area contributed by atoms with Gasteiger partial charge in [-0.05, 0) is 54.2 Å². The summed E-state index contributed by atoms with van der Waals surface area (Å²) in [6.45, 7) is 2.36. The summed E-state index contributed by atoms with van der Waals surface area (Å²) >= 11 is 0. The van der Waals surface area contributed by atoms with Crippen LogP contribution in [-0.2, 0) is 0 Å². The maximum absolute atomic E-state index is 13.0. The Hall–Kier alpha value is -2.63. The molecule has 1 atom stereocenters. The number of nitrogens with zero attached hydrogens (tertiary/aromatic N) is 2. The number of likely N-dealkylation sites (N-methyl/N-ethyl adjacent to an activating group) is 1. The van der Waals surface area contributed by atoms with Crippen LogP contribution in [0.2, 0.25) is 0 Å². The smallest absolute Gasteiger partial charge is 0.253 e. The van der Waals surface area contributed by atoms with Crippen LogP contribution in [0, 0.1) is 0 Å². The zero-order chi connectivity index (χ0) is 18.8. The summed E-state index contributed by atoms with van der Waals surface area (Å²) < 4.78 is 0. The summed E-state index contributed by atoms with van der Waals surface area (Å²) in [5.41, 5.74) is 3.94. The highest BCUT2D eigenvalue weighted by atomic mass is 16.3. The van der Waals surface area contributed by atoms with Crippen LogP contribution in [0.4, 0.5) is 0 Å². The second kappa shape index (κ2) is 7.55. The number of aliphatic hydroxyl groups is 1. The highest BCUT2D eigenvalue weighted by molar-refractivity contribution is 5.96. The summed E-state index contributed by atoms with van der Waals surface area (Å²) in [5.74, 6) is 0.0637. The highest BCUT2D eigenvalue weighted by Gasteiger charge is 2.27. The first-order chi connectivity index (χ1) is 13.2. The van der Waals surface area contributed by atoms with Gasteiger partial charge in [0.25, 0.3) is 5.91 Å². The van der Waals surface area contributed by atoms with Crippen LogP contribution < -0.4 is 0 Å². The van der Waals surface area contributed by atoms with Gasteiger partial charge in [0, 0.05) is 49.6 Å². The van der Waals surface area contributed by atoms with Crippen molar-refractivity contribution in [3.63, 3.8) is 0 Å². The average molecular weight is 363 g/mol. The molecule has 0 unspecified atom stereocenters. The first kappa shape index (κ1) is 17.8. The highest BCUT2D eigenvalue weighted by Crippen LogP contribution is 2.25. The van der Waals surface area contributed by atoms with Crippen LogP contribution >= 0.6 is 0 Å². The number of rotatable bonds is 4. The molecule has 1 fully saturated rings. The fraction of sp³-hybridized carbons (Fsp3) is 0.318. The van der Waals surface area contributed by atoms with Crippen molar-refractivity contribution in [2.45, 2.75) is 12.5 Å². The summed E-state index contributed by atoms with van der Waals surface area (Å²) in [6.07, 6.45) is 2.63. The molecule has 1 aliphatic heterocycles. The lowest BCUT2D eigenvalue weighted by Crippen LogP contribution is -2.53. The van der Waals surface area contributed by atoms with Crippen LogP contribution in [0.1, 0.15) is 16.8 Å². The molecule has 5 nitrogen and oxygen atoms in total. The molecular formula is C22H25N3O2. The molecule has 3 aromatic rings. The topological polar surface area (TPSA) is 59.6 Å². The molecule has 2 heterocycles. The van der Waals surface area contributed by atoms with Crippen LogP contribution in [0.5, 0.6) is 0 Å². The summed E-state index contributed by atoms with van der Waals surface area (Å²) in [7, 11) is 2.06. The molecule has 0 spiro atoms. The molecule has 4 rings (SSSR count). The van der Waals surface area contributed by atoms with Crippen molar-refractivity contribution in [2.75, 3.05) is 33.3 Å². The summed E-state index contributed by atoms with van der Waals surface area (Å²) in [4.78, 5) is 20.4. The number of aromatic amines is 1. The Morgan fingerprint density at radius 3 is 2.85 bits per heavy atom. The van der Waals surface area contributed by atoms with Gasteiger partial charge in [-0.2, -0.15) is 0 Å². The number of amides is 1. The summed E-state index contributed by atoms with van der Waals surface area (Å²) in [6, 6.07) is 16.4. The quantitative estimate of drug-likeness (QED) is 0.749. The minimum Gasteiger partial charge on any atom is -0.396 e. The number of benzene rings is 2. The standard InChI is InChI=1S/C22H25N3O2/c1-24-10-11-25(15-20(24)8-12-26)22(27)19-4-2-3-17(13-19)18-6-5-16-7-9-23-21(16)14-18/h2-7,9,13-14,20,23,26H,8,10-12,15H2,1H3/t20-/m0/s1. The number of piperazine rings is 1. The lowest BCUT2D eigenvalue weighted by Gasteiger charge is -2.39. The van der Waals surface area contributed by atoms with Gasteiger partial charge in [0.1, 0.15) is 0 Å². The Balaban J connectivity index is 1.57. The van der Waals surface area contributed by atoms with E-state index in [1.807, 2.05) is 35.4 Å². The monoisotopic (exact) mass is 363 g/mol. The second-order valence-electron chi connectivity index (χ2n) is 7.26. The lowest BCUT2D eigenvalue weighted by molar-refractivity contribution is 0.0500. The molecule has 5 heteroatoms. The van der Waals surface area contributed by atoms with Crippen molar-refractivity contribution in [3.05, 3.63) is 60.3 Å². The molecule has 1 aliphatic rings. The number of hydrogen-bond acceptors (Lipinski definition) is 3. The van der Waals surface area contributed by atoms with Gasteiger partial charge in [-0.1, -0.05) is 24.3 Å². The van der Waals surface area contributed by atoms with Crippen LogP contribution in [0.15, 0.2) is 54.7 Å². The van der Waals surface area contributed by atoms with E-state index in [-0.39, 0.29) is 18.6 Å². The predicted octanol–water partition coefficient (Wildman–Crippen LogP) is 2.97. The number of hydrogen-bond donors (Lipinski definition) is 2. The van der Waals surface area contributed by atoms with Crippen LogP contribution in [0.3, 0.4) is 0 Å². The van der Waals surface area contributed by atoms with Gasteiger partial charge in [0.15, 0.2) is 0 Å². The molecule has 27 heavy (non-hydrogen) atoms. The molecule has 0 saturated carbocycles. The first-order valence-electron chi connectivity index (χ1n) is 9.43. The molecule has 140 valence electrons. The number of aliphatic hydroxyl groups excluding tert-OH is 1. The molecule has 0 radical (unpaired) electrons. The predicted molar refractivity (Wildman–Crippen MR) is 108 cm³/mol. The van der Waals surface area contributed by atoms with E-state index in [0.717, 1.165) is 29.7 Å². The van der Waals surface area contributed by atoms with E-state index >= 15 is 0 Å². The Labute approximate surface area is 159 Å². The van der Waals surface area contributed by atoms with E-state index in [1.165, 1.54) is 5.39 Å². The van der Waals surface area contributed by atoms with Crippen LogP contribution in [-0.4, -0.2) is 65.1 Å². The number of nitrogens with one attached hydrogen (secondary N) is 1. The third kappa shape index (κ3) is 3.61. The number of carbonyl (C=O) groups excluding carboxylic acids is 1.